The summed E-state index contributed by atoms with van der Waals surface area (Å²) in [6.07, 6.45) is 11.6. The average molecular weight is 580 g/mol. The number of halogens is 4. The maximum atomic E-state index is 13.0. The van der Waals surface area contributed by atoms with Crippen molar-refractivity contribution in [3.8, 4) is 10.6 Å². The fraction of sp³-hybridized carbons (Fsp3) is 0.536. The number of aryl methyl sites for hydroxylation is 1. The van der Waals surface area contributed by atoms with Crippen LogP contribution in [0, 0.1) is 11.8 Å². The largest absolute Gasteiger partial charge is 0.401 e. The average Bonchev–Trinajstić information content (AvgIpc) is 3.60. The number of alkyl halides is 3. The van der Waals surface area contributed by atoms with Crippen molar-refractivity contribution in [1.29, 1.82) is 0 Å². The van der Waals surface area contributed by atoms with Gasteiger partial charge < -0.3 is 9.67 Å². The predicted molar refractivity (Wildman–Crippen MR) is 149 cm³/mol. The molecule has 1 aliphatic carbocycles. The van der Waals surface area contributed by atoms with Crippen LogP contribution in [0.25, 0.3) is 21.6 Å². The van der Waals surface area contributed by atoms with Crippen molar-refractivity contribution < 1.29 is 18.3 Å². The Labute approximate surface area is 235 Å². The quantitative estimate of drug-likeness (QED) is 0.233. The zero-order chi connectivity index (χ0) is 27.6. The van der Waals surface area contributed by atoms with Gasteiger partial charge in [0.2, 0.25) is 5.28 Å². The molecule has 0 spiro atoms. The molecule has 11 heteroatoms. The van der Waals surface area contributed by atoms with E-state index in [0.717, 1.165) is 47.3 Å². The minimum Gasteiger partial charge on any atom is -0.391 e. The number of hydrogen-bond donors (Lipinski definition) is 1. The molecule has 210 valence electrons. The molecule has 2 fully saturated rings. The lowest BCUT2D eigenvalue weighted by Gasteiger charge is -2.36. The first-order valence-electron chi connectivity index (χ1n) is 13.4. The molecule has 6 nitrogen and oxygen atoms in total. The summed E-state index contributed by atoms with van der Waals surface area (Å²) in [5, 5.41) is 15.0. The maximum absolute atomic E-state index is 13.0. The molecule has 1 saturated carbocycles. The van der Waals surface area contributed by atoms with Crippen LogP contribution in [0.1, 0.15) is 50.8 Å². The smallest absolute Gasteiger partial charge is 0.391 e. The Morgan fingerprint density at radius 1 is 1.21 bits per heavy atom. The van der Waals surface area contributed by atoms with E-state index < -0.39 is 18.8 Å². The Hall–Kier alpha value is -2.27. The molecular weight excluding hydrogens is 547 g/mol. The second-order valence-electron chi connectivity index (χ2n) is 10.6. The first-order chi connectivity index (χ1) is 18.7. The molecule has 1 saturated heterocycles. The number of aliphatic hydroxyl groups is 1. The van der Waals surface area contributed by atoms with E-state index >= 15 is 0 Å². The fourth-order valence-electron chi connectivity index (χ4n) is 6.08. The summed E-state index contributed by atoms with van der Waals surface area (Å²) < 4.78 is 41.0. The SMILES string of the molecule is C/C=C\C=C\CCc1csc(-c2cn([C@@H]3C[C@H](C4CCCN(CC(F)(F)F)C4)C[C@H]3O)c3nc(Cl)ncc23)n1. The Balaban J connectivity index is 1.36. The third-order valence-electron chi connectivity index (χ3n) is 7.83. The van der Waals surface area contributed by atoms with Crippen molar-refractivity contribution in [2.75, 3.05) is 19.6 Å². The molecule has 0 amide bonds. The van der Waals surface area contributed by atoms with Crippen molar-refractivity contribution >= 4 is 34.0 Å². The van der Waals surface area contributed by atoms with Crippen molar-refractivity contribution in [3.05, 3.63) is 53.1 Å². The Morgan fingerprint density at radius 2 is 2.05 bits per heavy atom. The van der Waals surface area contributed by atoms with Crippen LogP contribution in [-0.2, 0) is 6.42 Å². The minimum atomic E-state index is -4.20. The van der Waals surface area contributed by atoms with E-state index in [1.54, 1.807) is 17.5 Å². The summed E-state index contributed by atoms with van der Waals surface area (Å²) in [6.45, 7) is 2.00. The van der Waals surface area contributed by atoms with Gasteiger partial charge in [0.1, 0.15) is 10.7 Å². The van der Waals surface area contributed by atoms with Gasteiger partial charge in [-0.15, -0.1) is 11.3 Å². The Bertz CT molecular complexity index is 1340. The molecule has 1 unspecified atom stereocenters. The first kappa shape index (κ1) is 28.3. The first-order valence-corrected chi connectivity index (χ1v) is 14.7. The molecule has 4 heterocycles. The molecule has 5 rings (SSSR count). The molecule has 2 aliphatic rings. The molecule has 0 radical (unpaired) electrons. The zero-order valence-electron chi connectivity index (χ0n) is 21.8. The van der Waals surface area contributed by atoms with E-state index in [0.29, 0.717) is 31.6 Å². The van der Waals surface area contributed by atoms with Gasteiger partial charge in [0.05, 0.1) is 24.4 Å². The number of thiazole rings is 1. The number of aromatic nitrogens is 4. The van der Waals surface area contributed by atoms with Crippen LogP contribution in [0.4, 0.5) is 13.2 Å². The lowest BCUT2D eigenvalue weighted by Crippen LogP contribution is -2.43. The molecule has 0 aromatic carbocycles. The second-order valence-corrected chi connectivity index (χ2v) is 11.8. The zero-order valence-corrected chi connectivity index (χ0v) is 23.4. The Kier molecular flexibility index (Phi) is 8.75. The molecule has 3 aromatic heterocycles. The predicted octanol–water partition coefficient (Wildman–Crippen LogP) is 6.86. The highest BCUT2D eigenvalue weighted by atomic mass is 35.5. The van der Waals surface area contributed by atoms with Gasteiger partial charge in [-0.2, -0.15) is 18.2 Å². The number of rotatable bonds is 8. The van der Waals surface area contributed by atoms with Gasteiger partial charge in [-0.05, 0) is 75.4 Å². The Morgan fingerprint density at radius 3 is 2.85 bits per heavy atom. The molecular formula is C28H33ClF3N5OS. The topological polar surface area (TPSA) is 67.1 Å². The van der Waals surface area contributed by atoms with Gasteiger partial charge in [-0.3, -0.25) is 4.90 Å². The number of nitrogens with zero attached hydrogens (tertiary/aromatic N) is 5. The van der Waals surface area contributed by atoms with E-state index in [1.807, 2.05) is 35.9 Å². The second kappa shape index (κ2) is 12.1. The van der Waals surface area contributed by atoms with E-state index in [-0.39, 0.29) is 23.2 Å². The van der Waals surface area contributed by atoms with E-state index in [4.69, 9.17) is 16.6 Å². The van der Waals surface area contributed by atoms with Gasteiger partial charge in [-0.25, -0.2) is 9.97 Å². The van der Waals surface area contributed by atoms with Crippen molar-refractivity contribution in [3.63, 3.8) is 0 Å². The molecule has 0 bridgehead atoms. The summed E-state index contributed by atoms with van der Waals surface area (Å²) in [5.74, 6) is 0.268. The molecule has 4 atom stereocenters. The van der Waals surface area contributed by atoms with Crippen LogP contribution >= 0.6 is 22.9 Å². The molecule has 39 heavy (non-hydrogen) atoms. The van der Waals surface area contributed by atoms with E-state index in [2.05, 4.69) is 21.4 Å². The van der Waals surface area contributed by atoms with Crippen LogP contribution in [0.2, 0.25) is 5.28 Å². The van der Waals surface area contributed by atoms with Crippen LogP contribution < -0.4 is 0 Å². The number of fused-ring (bicyclic) bond motifs is 1. The van der Waals surface area contributed by atoms with E-state index in [9.17, 15) is 18.3 Å². The minimum absolute atomic E-state index is 0.125. The van der Waals surface area contributed by atoms with Gasteiger partial charge in [0.25, 0.3) is 0 Å². The number of likely N-dealkylation sites (tertiary alicyclic amines) is 1. The summed E-state index contributed by atoms with van der Waals surface area (Å²) in [4.78, 5) is 15.1. The normalized spacial score (nSPS) is 25.1. The summed E-state index contributed by atoms with van der Waals surface area (Å²) >= 11 is 7.75. The number of piperidine rings is 1. The van der Waals surface area contributed by atoms with Crippen LogP contribution in [0.15, 0.2) is 42.1 Å². The van der Waals surface area contributed by atoms with Crippen molar-refractivity contribution in [2.24, 2.45) is 11.8 Å². The monoisotopic (exact) mass is 579 g/mol. The van der Waals surface area contributed by atoms with Crippen LogP contribution in [-0.4, -0.2) is 61.4 Å². The van der Waals surface area contributed by atoms with Crippen molar-refractivity contribution in [1.82, 2.24) is 24.4 Å². The van der Waals surface area contributed by atoms with Gasteiger partial charge in [0, 0.05) is 35.3 Å². The van der Waals surface area contributed by atoms with Crippen molar-refractivity contribution in [2.45, 2.75) is 63.8 Å². The lowest BCUT2D eigenvalue weighted by molar-refractivity contribution is -0.150. The highest BCUT2D eigenvalue weighted by Gasteiger charge is 2.41. The standard InChI is InChI=1S/C28H33ClF3N5OS/c1-2-3-4-5-6-9-20-16-39-26(34-20)22-15-37(25-21(22)13-33-27(29)35-25)23-11-19(12-24(23)38)18-8-7-10-36(14-18)17-28(30,31)32/h2-5,13,15-16,18-19,23-24,38H,6-12,14,17H2,1H3/b3-2-,5-4+/t18?,19-,23+,24+/m0/s1. The lowest BCUT2D eigenvalue weighted by atomic mass is 9.84. The fourth-order valence-corrected chi connectivity index (χ4v) is 7.09. The highest BCUT2D eigenvalue weighted by Crippen LogP contribution is 2.44. The molecule has 3 aromatic rings. The van der Waals surface area contributed by atoms with Crippen LogP contribution in [0.3, 0.4) is 0 Å². The third kappa shape index (κ3) is 6.73. The van der Waals surface area contributed by atoms with Gasteiger partial charge in [-0.1, -0.05) is 24.3 Å². The summed E-state index contributed by atoms with van der Waals surface area (Å²) in [6, 6.07) is -0.244. The highest BCUT2D eigenvalue weighted by molar-refractivity contribution is 7.13. The summed E-state index contributed by atoms with van der Waals surface area (Å²) in [7, 11) is 0. The molecule has 1 N–H and O–H groups in total. The summed E-state index contributed by atoms with van der Waals surface area (Å²) in [5.41, 5.74) is 2.55. The maximum Gasteiger partial charge on any atom is 0.401 e. The third-order valence-corrected chi connectivity index (χ3v) is 8.94. The number of aliphatic hydroxyl groups excluding tert-OH is 1. The van der Waals surface area contributed by atoms with Crippen LogP contribution in [0.5, 0.6) is 0 Å². The number of hydrogen-bond acceptors (Lipinski definition) is 6. The number of allylic oxidation sites excluding steroid dienone is 4. The van der Waals surface area contributed by atoms with Gasteiger partial charge in [0.15, 0.2) is 0 Å². The molecule has 1 aliphatic heterocycles. The van der Waals surface area contributed by atoms with Gasteiger partial charge >= 0.3 is 6.18 Å². The van der Waals surface area contributed by atoms with E-state index in [1.165, 1.54) is 4.90 Å².